The molecule has 4 aromatic rings. The fourth-order valence-electron chi connectivity index (χ4n) is 2.20. The minimum Gasteiger partial charge on any atom is -0.437 e. The van der Waals surface area contributed by atoms with E-state index in [0.717, 1.165) is 22.2 Å². The molecule has 0 aliphatic carbocycles. The summed E-state index contributed by atoms with van der Waals surface area (Å²) in [5.74, 6) is 0.507. The Bertz CT molecular complexity index is 1010. The number of hydrogen-bond acceptors (Lipinski definition) is 4. The highest BCUT2D eigenvalue weighted by molar-refractivity contribution is 6.31. The monoisotopic (exact) mass is 307 g/mol. The van der Waals surface area contributed by atoms with Gasteiger partial charge in [0.15, 0.2) is 5.58 Å². The van der Waals surface area contributed by atoms with Gasteiger partial charge in [-0.1, -0.05) is 23.7 Å². The smallest absolute Gasteiger partial charge is 0.220 e. The predicted octanol–water partition coefficient (Wildman–Crippen LogP) is 4.59. The molecular formula is C17H10ClN3O. The molecule has 2 aromatic heterocycles. The molecule has 0 amide bonds. The average Bonchev–Trinajstić information content (AvgIpc) is 2.94. The standard InChI is InChI=1S/C17H10ClN3O/c18-11-5-7-16-15(9-11)21-17(22-16)8-6-12-10-19-13-3-1-2-4-14(13)20-12/h1-10H/b8-6+. The zero-order chi connectivity index (χ0) is 14.9. The van der Waals surface area contributed by atoms with Gasteiger partial charge in [-0.15, -0.1) is 0 Å². The number of aromatic nitrogens is 3. The molecule has 0 radical (unpaired) electrons. The van der Waals surface area contributed by atoms with E-state index in [0.29, 0.717) is 16.5 Å². The van der Waals surface area contributed by atoms with E-state index < -0.39 is 0 Å². The molecule has 0 bridgehead atoms. The van der Waals surface area contributed by atoms with Crippen molar-refractivity contribution < 1.29 is 4.42 Å². The van der Waals surface area contributed by atoms with Crippen LogP contribution in [0.15, 0.2) is 53.1 Å². The number of fused-ring (bicyclic) bond motifs is 2. The predicted molar refractivity (Wildman–Crippen MR) is 87.5 cm³/mol. The zero-order valence-electron chi connectivity index (χ0n) is 11.4. The van der Waals surface area contributed by atoms with E-state index in [-0.39, 0.29) is 0 Å². The number of nitrogens with zero attached hydrogens (tertiary/aromatic N) is 3. The topological polar surface area (TPSA) is 51.8 Å². The Balaban J connectivity index is 1.68. The Morgan fingerprint density at radius 1 is 0.909 bits per heavy atom. The molecule has 0 unspecified atom stereocenters. The summed E-state index contributed by atoms with van der Waals surface area (Å²) in [5, 5.41) is 0.636. The van der Waals surface area contributed by atoms with Crippen LogP contribution in [-0.2, 0) is 0 Å². The summed E-state index contributed by atoms with van der Waals surface area (Å²) < 4.78 is 5.63. The van der Waals surface area contributed by atoms with Crippen LogP contribution in [0.4, 0.5) is 0 Å². The highest BCUT2D eigenvalue weighted by atomic mass is 35.5. The molecule has 2 heterocycles. The molecule has 0 fully saturated rings. The van der Waals surface area contributed by atoms with Gasteiger partial charge in [0.2, 0.25) is 5.89 Å². The molecule has 0 aliphatic heterocycles. The molecular weight excluding hydrogens is 298 g/mol. The van der Waals surface area contributed by atoms with Gasteiger partial charge in [-0.2, -0.15) is 0 Å². The Kier molecular flexibility index (Phi) is 3.09. The second kappa shape index (κ2) is 5.24. The van der Waals surface area contributed by atoms with E-state index in [2.05, 4.69) is 15.0 Å². The minimum absolute atomic E-state index is 0.507. The number of benzene rings is 2. The molecule has 0 spiro atoms. The van der Waals surface area contributed by atoms with E-state index in [1.54, 1.807) is 30.5 Å². The largest absolute Gasteiger partial charge is 0.437 e. The molecule has 4 nitrogen and oxygen atoms in total. The Morgan fingerprint density at radius 2 is 1.77 bits per heavy atom. The second-order valence-electron chi connectivity index (χ2n) is 4.78. The maximum absolute atomic E-state index is 5.94. The minimum atomic E-state index is 0.507. The van der Waals surface area contributed by atoms with E-state index in [1.165, 1.54) is 0 Å². The summed E-state index contributed by atoms with van der Waals surface area (Å²) in [7, 11) is 0. The van der Waals surface area contributed by atoms with Gasteiger partial charge in [-0.05, 0) is 36.4 Å². The fraction of sp³-hybridized carbons (Fsp3) is 0. The van der Waals surface area contributed by atoms with E-state index >= 15 is 0 Å². The van der Waals surface area contributed by atoms with Crippen molar-refractivity contribution in [3.05, 3.63) is 65.3 Å². The lowest BCUT2D eigenvalue weighted by Crippen LogP contribution is -1.86. The van der Waals surface area contributed by atoms with Crippen molar-refractivity contribution >= 4 is 45.9 Å². The lowest BCUT2D eigenvalue weighted by Gasteiger charge is -1.96. The van der Waals surface area contributed by atoms with Crippen LogP contribution < -0.4 is 0 Å². The SMILES string of the molecule is Clc1ccc2oc(/C=C/c3cnc4ccccc4n3)nc2c1. The van der Waals surface area contributed by atoms with Crippen molar-refractivity contribution in [3.63, 3.8) is 0 Å². The van der Waals surface area contributed by atoms with Gasteiger partial charge in [0.25, 0.3) is 0 Å². The summed E-state index contributed by atoms with van der Waals surface area (Å²) in [6, 6.07) is 13.1. The van der Waals surface area contributed by atoms with Crippen LogP contribution in [0, 0.1) is 0 Å². The summed E-state index contributed by atoms with van der Waals surface area (Å²) >= 11 is 5.94. The fourth-order valence-corrected chi connectivity index (χ4v) is 2.36. The third kappa shape index (κ3) is 2.44. The number of hydrogen-bond donors (Lipinski definition) is 0. The van der Waals surface area contributed by atoms with Crippen molar-refractivity contribution in [2.24, 2.45) is 0 Å². The van der Waals surface area contributed by atoms with E-state index in [1.807, 2.05) is 30.3 Å². The number of oxazole rings is 1. The quantitative estimate of drug-likeness (QED) is 0.543. The highest BCUT2D eigenvalue weighted by Gasteiger charge is 2.03. The van der Waals surface area contributed by atoms with Crippen molar-refractivity contribution in [1.29, 1.82) is 0 Å². The first-order valence-electron chi connectivity index (χ1n) is 6.74. The number of halogens is 1. The first kappa shape index (κ1) is 13.0. The van der Waals surface area contributed by atoms with Crippen LogP contribution in [0.2, 0.25) is 5.02 Å². The molecule has 0 atom stereocenters. The van der Waals surface area contributed by atoms with Crippen molar-refractivity contribution in [2.75, 3.05) is 0 Å². The van der Waals surface area contributed by atoms with Crippen LogP contribution >= 0.6 is 11.6 Å². The summed E-state index contributed by atoms with van der Waals surface area (Å²) in [6.07, 6.45) is 5.32. The summed E-state index contributed by atoms with van der Waals surface area (Å²) in [5.41, 5.74) is 3.91. The van der Waals surface area contributed by atoms with Gasteiger partial charge in [0.1, 0.15) is 5.52 Å². The van der Waals surface area contributed by atoms with Crippen molar-refractivity contribution in [1.82, 2.24) is 15.0 Å². The van der Waals surface area contributed by atoms with Gasteiger partial charge >= 0.3 is 0 Å². The second-order valence-corrected chi connectivity index (χ2v) is 5.22. The van der Waals surface area contributed by atoms with Gasteiger partial charge in [-0.3, -0.25) is 4.98 Å². The van der Waals surface area contributed by atoms with Crippen molar-refractivity contribution in [3.8, 4) is 0 Å². The van der Waals surface area contributed by atoms with Crippen molar-refractivity contribution in [2.45, 2.75) is 0 Å². The van der Waals surface area contributed by atoms with Crippen LogP contribution in [0.3, 0.4) is 0 Å². The normalized spacial score (nSPS) is 11.7. The first-order chi connectivity index (χ1) is 10.8. The molecule has 22 heavy (non-hydrogen) atoms. The number of rotatable bonds is 2. The maximum atomic E-state index is 5.94. The van der Waals surface area contributed by atoms with Gasteiger partial charge < -0.3 is 4.42 Å². The van der Waals surface area contributed by atoms with Gasteiger partial charge in [-0.25, -0.2) is 9.97 Å². The zero-order valence-corrected chi connectivity index (χ0v) is 12.2. The molecule has 5 heteroatoms. The Hall–Kier alpha value is -2.72. The van der Waals surface area contributed by atoms with Gasteiger partial charge in [0, 0.05) is 11.1 Å². The summed E-state index contributed by atoms with van der Waals surface area (Å²) in [4.78, 5) is 13.2. The van der Waals surface area contributed by atoms with E-state index in [9.17, 15) is 0 Å². The van der Waals surface area contributed by atoms with Crippen LogP contribution in [0.25, 0.3) is 34.3 Å². The molecule has 2 aromatic carbocycles. The molecule has 0 aliphatic rings. The third-order valence-electron chi connectivity index (χ3n) is 3.23. The molecule has 0 saturated carbocycles. The first-order valence-corrected chi connectivity index (χ1v) is 7.12. The molecule has 106 valence electrons. The Labute approximate surface area is 131 Å². The van der Waals surface area contributed by atoms with E-state index in [4.69, 9.17) is 16.0 Å². The number of para-hydroxylation sites is 2. The third-order valence-corrected chi connectivity index (χ3v) is 3.47. The van der Waals surface area contributed by atoms with Gasteiger partial charge in [0.05, 0.1) is 22.9 Å². The lowest BCUT2D eigenvalue weighted by molar-refractivity contribution is 0.589. The Morgan fingerprint density at radius 3 is 2.68 bits per heavy atom. The van der Waals surface area contributed by atoms with Crippen LogP contribution in [0.5, 0.6) is 0 Å². The van der Waals surface area contributed by atoms with Crippen LogP contribution in [0.1, 0.15) is 11.6 Å². The maximum Gasteiger partial charge on any atom is 0.220 e. The average molecular weight is 308 g/mol. The van der Waals surface area contributed by atoms with Crippen LogP contribution in [-0.4, -0.2) is 15.0 Å². The summed E-state index contributed by atoms with van der Waals surface area (Å²) in [6.45, 7) is 0. The molecule has 0 N–H and O–H groups in total. The molecule has 0 saturated heterocycles. The lowest BCUT2D eigenvalue weighted by atomic mass is 10.3. The molecule has 4 rings (SSSR count). The highest BCUT2D eigenvalue weighted by Crippen LogP contribution is 2.21.